The third-order valence-electron chi connectivity index (χ3n) is 4.64. The lowest BCUT2D eigenvalue weighted by Gasteiger charge is -2.13. The molecular weight excluding hydrogens is 434 g/mol. The number of aryl methyl sites for hydroxylation is 1. The first-order valence-electron chi connectivity index (χ1n) is 9.60. The SMILES string of the molecule is COC(=O)CCN1C(=O)/C(=C/c2ccc(OCc3ccc(C)cc3)c(OC)c2)SC1=S. The third-order valence-corrected chi connectivity index (χ3v) is 6.02. The number of hydrogen-bond acceptors (Lipinski definition) is 7. The van der Waals surface area contributed by atoms with E-state index in [4.69, 9.17) is 21.7 Å². The first kappa shape index (κ1) is 22.8. The number of rotatable bonds is 8. The lowest BCUT2D eigenvalue weighted by molar-refractivity contribution is -0.140. The number of amides is 1. The van der Waals surface area contributed by atoms with Gasteiger partial charge in [-0.05, 0) is 36.3 Å². The van der Waals surface area contributed by atoms with Gasteiger partial charge < -0.3 is 14.2 Å². The fourth-order valence-corrected chi connectivity index (χ4v) is 4.20. The molecule has 6 nitrogen and oxygen atoms in total. The minimum atomic E-state index is -0.385. The van der Waals surface area contributed by atoms with Gasteiger partial charge in [0.1, 0.15) is 10.9 Å². The molecule has 0 aromatic heterocycles. The monoisotopic (exact) mass is 457 g/mol. The topological polar surface area (TPSA) is 65.1 Å². The Kier molecular flexibility index (Phi) is 7.70. The van der Waals surface area contributed by atoms with E-state index in [-0.39, 0.29) is 24.8 Å². The van der Waals surface area contributed by atoms with E-state index in [0.29, 0.717) is 27.3 Å². The summed E-state index contributed by atoms with van der Waals surface area (Å²) in [5.41, 5.74) is 3.04. The van der Waals surface area contributed by atoms with Crippen molar-refractivity contribution in [1.29, 1.82) is 0 Å². The average molecular weight is 458 g/mol. The maximum atomic E-state index is 12.7. The minimum absolute atomic E-state index is 0.0943. The van der Waals surface area contributed by atoms with E-state index in [1.165, 1.54) is 29.3 Å². The van der Waals surface area contributed by atoms with Crippen molar-refractivity contribution < 1.29 is 23.8 Å². The predicted octanol–water partition coefficient (Wildman–Crippen LogP) is 4.35. The second-order valence-corrected chi connectivity index (χ2v) is 8.52. The van der Waals surface area contributed by atoms with Crippen LogP contribution in [0.25, 0.3) is 6.08 Å². The van der Waals surface area contributed by atoms with Gasteiger partial charge in [0.15, 0.2) is 11.5 Å². The van der Waals surface area contributed by atoms with Crippen LogP contribution in [0, 0.1) is 6.92 Å². The second kappa shape index (κ2) is 10.5. The molecule has 0 spiro atoms. The van der Waals surface area contributed by atoms with Crippen molar-refractivity contribution in [2.24, 2.45) is 0 Å². The fourth-order valence-electron chi connectivity index (χ4n) is 2.89. The molecule has 2 aromatic carbocycles. The number of benzene rings is 2. The van der Waals surface area contributed by atoms with E-state index in [0.717, 1.165) is 11.1 Å². The normalized spacial score (nSPS) is 14.8. The van der Waals surface area contributed by atoms with Crippen LogP contribution in [-0.4, -0.2) is 41.9 Å². The van der Waals surface area contributed by atoms with E-state index in [2.05, 4.69) is 4.74 Å². The molecule has 31 heavy (non-hydrogen) atoms. The van der Waals surface area contributed by atoms with Gasteiger partial charge in [-0.1, -0.05) is 59.9 Å². The molecule has 1 aliphatic heterocycles. The Bertz CT molecular complexity index is 1020. The van der Waals surface area contributed by atoms with Gasteiger partial charge in [0.2, 0.25) is 0 Å². The van der Waals surface area contributed by atoms with Crippen molar-refractivity contribution in [2.75, 3.05) is 20.8 Å². The van der Waals surface area contributed by atoms with Crippen molar-refractivity contribution in [3.05, 3.63) is 64.1 Å². The number of nitrogens with zero attached hydrogens (tertiary/aromatic N) is 1. The molecule has 8 heteroatoms. The van der Waals surface area contributed by atoms with E-state index in [9.17, 15) is 9.59 Å². The van der Waals surface area contributed by atoms with Crippen molar-refractivity contribution in [2.45, 2.75) is 20.0 Å². The highest BCUT2D eigenvalue weighted by molar-refractivity contribution is 8.26. The minimum Gasteiger partial charge on any atom is -0.493 e. The average Bonchev–Trinajstić information content (AvgIpc) is 3.04. The Balaban J connectivity index is 1.70. The Hall–Kier alpha value is -2.84. The van der Waals surface area contributed by atoms with E-state index < -0.39 is 0 Å². The van der Waals surface area contributed by atoms with Crippen LogP contribution in [0.15, 0.2) is 47.4 Å². The second-order valence-electron chi connectivity index (χ2n) is 6.84. The zero-order valence-electron chi connectivity index (χ0n) is 17.5. The lowest BCUT2D eigenvalue weighted by Crippen LogP contribution is -2.30. The summed E-state index contributed by atoms with van der Waals surface area (Å²) < 4.78 is 16.4. The van der Waals surface area contributed by atoms with Crippen molar-refractivity contribution in [3.63, 3.8) is 0 Å². The molecule has 0 saturated carbocycles. The summed E-state index contributed by atoms with van der Waals surface area (Å²) >= 11 is 6.49. The Labute approximate surface area is 191 Å². The summed E-state index contributed by atoms with van der Waals surface area (Å²) in [4.78, 5) is 25.9. The Morgan fingerprint density at radius 1 is 1.13 bits per heavy atom. The molecule has 1 amide bonds. The van der Waals surface area contributed by atoms with Crippen LogP contribution in [0.5, 0.6) is 11.5 Å². The maximum Gasteiger partial charge on any atom is 0.307 e. The molecule has 0 N–H and O–H groups in total. The lowest BCUT2D eigenvalue weighted by atomic mass is 10.1. The highest BCUT2D eigenvalue weighted by Crippen LogP contribution is 2.35. The van der Waals surface area contributed by atoms with Crippen LogP contribution in [0.3, 0.4) is 0 Å². The standard InChI is InChI=1S/C23H23NO5S2/c1-15-4-6-16(7-5-15)14-29-18-9-8-17(12-19(18)27-2)13-20-22(26)24(23(30)31-20)11-10-21(25)28-3/h4-9,12-13H,10-11,14H2,1-3H3/b20-13-. The number of ether oxygens (including phenoxy) is 3. The van der Waals surface area contributed by atoms with E-state index in [1.807, 2.05) is 49.4 Å². The van der Waals surface area contributed by atoms with Crippen LogP contribution >= 0.6 is 24.0 Å². The van der Waals surface area contributed by atoms with Crippen molar-refractivity contribution in [1.82, 2.24) is 4.90 Å². The summed E-state index contributed by atoms with van der Waals surface area (Å²) in [6, 6.07) is 13.6. The van der Waals surface area contributed by atoms with Crippen LogP contribution in [0.4, 0.5) is 0 Å². The number of esters is 1. The number of methoxy groups -OCH3 is 2. The molecule has 1 aliphatic rings. The Morgan fingerprint density at radius 2 is 1.87 bits per heavy atom. The number of hydrogen-bond donors (Lipinski definition) is 0. The molecule has 162 valence electrons. The van der Waals surface area contributed by atoms with E-state index in [1.54, 1.807) is 13.2 Å². The summed E-state index contributed by atoms with van der Waals surface area (Å²) in [5, 5.41) is 0. The van der Waals surface area contributed by atoms with E-state index >= 15 is 0 Å². The van der Waals surface area contributed by atoms with Gasteiger partial charge >= 0.3 is 5.97 Å². The van der Waals surface area contributed by atoms with Gasteiger partial charge in [-0.15, -0.1) is 0 Å². The largest absolute Gasteiger partial charge is 0.493 e. The van der Waals surface area contributed by atoms with Gasteiger partial charge in [-0.3, -0.25) is 14.5 Å². The summed E-state index contributed by atoms with van der Waals surface area (Å²) in [5.74, 6) is 0.578. The quantitative estimate of drug-likeness (QED) is 0.332. The van der Waals surface area contributed by atoms with Gasteiger partial charge in [0.25, 0.3) is 5.91 Å². The van der Waals surface area contributed by atoms with Gasteiger partial charge in [0, 0.05) is 6.54 Å². The highest BCUT2D eigenvalue weighted by Gasteiger charge is 2.32. The number of thioether (sulfide) groups is 1. The molecule has 0 radical (unpaired) electrons. The molecule has 1 fully saturated rings. The highest BCUT2D eigenvalue weighted by atomic mass is 32.2. The summed E-state index contributed by atoms with van der Waals surface area (Å²) in [6.07, 6.45) is 1.85. The number of carbonyl (C=O) groups excluding carboxylic acids is 2. The van der Waals surface area contributed by atoms with Crippen molar-refractivity contribution >= 4 is 46.3 Å². The maximum absolute atomic E-state index is 12.7. The molecule has 0 atom stereocenters. The zero-order valence-corrected chi connectivity index (χ0v) is 19.2. The summed E-state index contributed by atoms with van der Waals surface area (Å²) in [6.45, 7) is 2.66. The number of thiocarbonyl (C=S) groups is 1. The molecule has 1 heterocycles. The zero-order chi connectivity index (χ0) is 22.4. The molecule has 0 unspecified atom stereocenters. The molecule has 0 bridgehead atoms. The fraction of sp³-hybridized carbons (Fsp3) is 0.261. The molecule has 1 saturated heterocycles. The smallest absolute Gasteiger partial charge is 0.307 e. The van der Waals surface area contributed by atoms with Crippen LogP contribution in [-0.2, 0) is 20.9 Å². The van der Waals surface area contributed by atoms with Crippen LogP contribution < -0.4 is 9.47 Å². The van der Waals surface area contributed by atoms with Crippen LogP contribution in [0.1, 0.15) is 23.1 Å². The van der Waals surface area contributed by atoms with Gasteiger partial charge in [0.05, 0.1) is 25.5 Å². The molecule has 2 aromatic rings. The van der Waals surface area contributed by atoms with Gasteiger partial charge in [-0.25, -0.2) is 0 Å². The van der Waals surface area contributed by atoms with Crippen LogP contribution in [0.2, 0.25) is 0 Å². The van der Waals surface area contributed by atoms with Gasteiger partial charge in [-0.2, -0.15) is 0 Å². The predicted molar refractivity (Wildman–Crippen MR) is 125 cm³/mol. The molecule has 3 rings (SSSR count). The summed E-state index contributed by atoms with van der Waals surface area (Å²) in [7, 11) is 2.89. The molecular formula is C23H23NO5S2. The number of carbonyl (C=O) groups is 2. The Morgan fingerprint density at radius 3 is 2.55 bits per heavy atom. The first-order chi connectivity index (χ1) is 14.9. The van der Waals surface area contributed by atoms with Crippen molar-refractivity contribution in [3.8, 4) is 11.5 Å². The molecule has 0 aliphatic carbocycles. The third kappa shape index (κ3) is 5.86. The first-order valence-corrected chi connectivity index (χ1v) is 10.8.